The predicted octanol–water partition coefficient (Wildman–Crippen LogP) is -0.381. The zero-order valence-electron chi connectivity index (χ0n) is 9.82. The zero-order chi connectivity index (χ0) is 11.7. The number of hydrogen-bond donors (Lipinski definition) is 2. The fourth-order valence-corrected chi connectivity index (χ4v) is 1.92. The van der Waals surface area contributed by atoms with Crippen LogP contribution in [0.4, 0.5) is 0 Å². The Kier molecular flexibility index (Phi) is 2.91. The molecule has 6 heteroatoms. The fraction of sp³-hybridized carbons (Fsp3) is 0.700. The molecule has 1 atom stereocenters. The SMILES string of the molecule is CNC(=O)C1Cn2c(nnc2C(C)C)CN1. The van der Waals surface area contributed by atoms with Gasteiger partial charge >= 0.3 is 0 Å². The normalized spacial score (nSPS) is 19.6. The van der Waals surface area contributed by atoms with Gasteiger partial charge in [0.25, 0.3) is 0 Å². The van der Waals surface area contributed by atoms with Crippen molar-refractivity contribution in [3.63, 3.8) is 0 Å². The van der Waals surface area contributed by atoms with Crippen molar-refractivity contribution in [3.05, 3.63) is 11.6 Å². The number of fused-ring (bicyclic) bond motifs is 1. The first-order valence-electron chi connectivity index (χ1n) is 5.50. The fourth-order valence-electron chi connectivity index (χ4n) is 1.92. The van der Waals surface area contributed by atoms with Crippen molar-refractivity contribution in [2.24, 2.45) is 0 Å². The van der Waals surface area contributed by atoms with E-state index in [1.807, 2.05) is 4.57 Å². The lowest BCUT2D eigenvalue weighted by molar-refractivity contribution is -0.123. The zero-order valence-corrected chi connectivity index (χ0v) is 9.82. The number of amides is 1. The van der Waals surface area contributed by atoms with E-state index in [9.17, 15) is 4.79 Å². The second-order valence-corrected chi connectivity index (χ2v) is 4.29. The van der Waals surface area contributed by atoms with Crippen LogP contribution < -0.4 is 10.6 Å². The molecule has 88 valence electrons. The molecule has 1 amide bonds. The van der Waals surface area contributed by atoms with Gasteiger partial charge in [-0.05, 0) is 0 Å². The average Bonchev–Trinajstić information content (AvgIpc) is 2.70. The lowest BCUT2D eigenvalue weighted by Gasteiger charge is -2.24. The summed E-state index contributed by atoms with van der Waals surface area (Å²) in [6, 6.07) is -0.189. The van der Waals surface area contributed by atoms with Gasteiger partial charge in [0.15, 0.2) is 0 Å². The molecular weight excluding hydrogens is 206 g/mol. The summed E-state index contributed by atoms with van der Waals surface area (Å²) in [5.41, 5.74) is 0. The van der Waals surface area contributed by atoms with E-state index in [0.29, 0.717) is 19.0 Å². The number of rotatable bonds is 2. The molecule has 0 spiro atoms. The van der Waals surface area contributed by atoms with Crippen LogP contribution in [-0.2, 0) is 17.9 Å². The van der Waals surface area contributed by atoms with Gasteiger partial charge in [-0.15, -0.1) is 10.2 Å². The van der Waals surface area contributed by atoms with Gasteiger partial charge < -0.3 is 9.88 Å². The molecule has 0 bridgehead atoms. The van der Waals surface area contributed by atoms with Crippen LogP contribution >= 0.6 is 0 Å². The summed E-state index contributed by atoms with van der Waals surface area (Å²) in [6.45, 7) is 5.36. The van der Waals surface area contributed by atoms with E-state index in [-0.39, 0.29) is 11.9 Å². The van der Waals surface area contributed by atoms with Crippen LogP contribution in [0.1, 0.15) is 31.4 Å². The number of aromatic nitrogens is 3. The number of likely N-dealkylation sites (N-methyl/N-ethyl adjacent to an activating group) is 1. The number of nitrogens with one attached hydrogen (secondary N) is 2. The molecular formula is C10H17N5O. The van der Waals surface area contributed by atoms with Crippen molar-refractivity contribution in [2.75, 3.05) is 7.05 Å². The first-order chi connectivity index (χ1) is 7.63. The summed E-state index contributed by atoms with van der Waals surface area (Å²) in [5, 5.41) is 14.1. The molecule has 1 aliphatic heterocycles. The van der Waals surface area contributed by atoms with Crippen molar-refractivity contribution in [3.8, 4) is 0 Å². The highest BCUT2D eigenvalue weighted by atomic mass is 16.2. The smallest absolute Gasteiger partial charge is 0.238 e. The summed E-state index contributed by atoms with van der Waals surface area (Å²) >= 11 is 0. The van der Waals surface area contributed by atoms with Crippen LogP contribution in [0, 0.1) is 0 Å². The maximum Gasteiger partial charge on any atom is 0.238 e. The Morgan fingerprint density at radius 2 is 2.31 bits per heavy atom. The van der Waals surface area contributed by atoms with Crippen molar-refractivity contribution in [1.82, 2.24) is 25.4 Å². The van der Waals surface area contributed by atoms with Gasteiger partial charge in [-0.25, -0.2) is 0 Å². The van der Waals surface area contributed by atoms with Gasteiger partial charge in [-0.2, -0.15) is 0 Å². The first-order valence-corrected chi connectivity index (χ1v) is 5.50. The van der Waals surface area contributed by atoms with Crippen molar-refractivity contribution >= 4 is 5.91 Å². The van der Waals surface area contributed by atoms with E-state index in [2.05, 4.69) is 34.7 Å². The van der Waals surface area contributed by atoms with Crippen LogP contribution in [-0.4, -0.2) is 33.8 Å². The molecule has 0 aliphatic carbocycles. The van der Waals surface area contributed by atoms with E-state index in [0.717, 1.165) is 11.6 Å². The minimum absolute atomic E-state index is 0.00839. The van der Waals surface area contributed by atoms with Crippen LogP contribution in [0.5, 0.6) is 0 Å². The Balaban J connectivity index is 2.24. The molecule has 0 radical (unpaired) electrons. The van der Waals surface area contributed by atoms with Gasteiger partial charge in [0.1, 0.15) is 17.7 Å². The van der Waals surface area contributed by atoms with Crippen LogP contribution in [0.2, 0.25) is 0 Å². The maximum absolute atomic E-state index is 11.6. The Labute approximate surface area is 94.4 Å². The number of carbonyl (C=O) groups is 1. The van der Waals surface area contributed by atoms with Gasteiger partial charge in [0.05, 0.1) is 6.54 Å². The summed E-state index contributed by atoms with van der Waals surface area (Å²) in [6.07, 6.45) is 0. The molecule has 2 heterocycles. The Morgan fingerprint density at radius 3 is 2.94 bits per heavy atom. The highest BCUT2D eigenvalue weighted by molar-refractivity contribution is 5.81. The Bertz CT molecular complexity index is 398. The standard InChI is InChI=1S/C10H17N5O/c1-6(2)9-14-13-8-4-12-7(5-15(8)9)10(16)11-3/h6-7,12H,4-5H2,1-3H3,(H,11,16). The van der Waals surface area contributed by atoms with Crippen molar-refractivity contribution < 1.29 is 4.79 Å². The predicted molar refractivity (Wildman–Crippen MR) is 58.8 cm³/mol. The summed E-state index contributed by atoms with van der Waals surface area (Å²) in [4.78, 5) is 11.6. The Morgan fingerprint density at radius 1 is 1.56 bits per heavy atom. The van der Waals surface area contributed by atoms with E-state index in [1.165, 1.54) is 0 Å². The number of carbonyl (C=O) groups excluding carboxylic acids is 1. The molecule has 0 saturated carbocycles. The molecule has 2 rings (SSSR count). The lowest BCUT2D eigenvalue weighted by Crippen LogP contribution is -2.49. The molecule has 16 heavy (non-hydrogen) atoms. The molecule has 6 nitrogen and oxygen atoms in total. The molecule has 1 aromatic heterocycles. The molecule has 0 fully saturated rings. The van der Waals surface area contributed by atoms with E-state index in [1.54, 1.807) is 7.05 Å². The highest BCUT2D eigenvalue weighted by Gasteiger charge is 2.27. The minimum atomic E-state index is -0.189. The largest absolute Gasteiger partial charge is 0.358 e. The Hall–Kier alpha value is -1.43. The number of hydrogen-bond acceptors (Lipinski definition) is 4. The molecule has 1 aromatic rings. The topological polar surface area (TPSA) is 71.8 Å². The monoisotopic (exact) mass is 223 g/mol. The van der Waals surface area contributed by atoms with Gasteiger partial charge in [-0.1, -0.05) is 13.8 Å². The highest BCUT2D eigenvalue weighted by Crippen LogP contribution is 2.16. The third kappa shape index (κ3) is 1.80. The van der Waals surface area contributed by atoms with Gasteiger partial charge in [0, 0.05) is 19.5 Å². The lowest BCUT2D eigenvalue weighted by atomic mass is 10.1. The van der Waals surface area contributed by atoms with Gasteiger partial charge in [0.2, 0.25) is 5.91 Å². The number of nitrogens with zero attached hydrogens (tertiary/aromatic N) is 3. The second kappa shape index (κ2) is 4.21. The third-order valence-corrected chi connectivity index (χ3v) is 2.81. The van der Waals surface area contributed by atoms with Crippen LogP contribution in [0.3, 0.4) is 0 Å². The van der Waals surface area contributed by atoms with Crippen molar-refractivity contribution in [1.29, 1.82) is 0 Å². The van der Waals surface area contributed by atoms with Crippen LogP contribution in [0.15, 0.2) is 0 Å². The minimum Gasteiger partial charge on any atom is -0.358 e. The molecule has 0 saturated heterocycles. The van der Waals surface area contributed by atoms with E-state index in [4.69, 9.17) is 0 Å². The molecule has 1 unspecified atom stereocenters. The summed E-state index contributed by atoms with van der Waals surface area (Å²) < 4.78 is 2.04. The molecule has 2 N–H and O–H groups in total. The second-order valence-electron chi connectivity index (χ2n) is 4.29. The van der Waals surface area contributed by atoms with Gasteiger partial charge in [-0.3, -0.25) is 10.1 Å². The van der Waals surface area contributed by atoms with Crippen LogP contribution in [0.25, 0.3) is 0 Å². The summed E-state index contributed by atoms with van der Waals surface area (Å²) in [7, 11) is 1.65. The summed E-state index contributed by atoms with van der Waals surface area (Å²) in [5.74, 6) is 2.19. The quantitative estimate of drug-likeness (QED) is 0.717. The average molecular weight is 223 g/mol. The maximum atomic E-state index is 11.6. The molecule has 0 aromatic carbocycles. The van der Waals surface area contributed by atoms with E-state index >= 15 is 0 Å². The van der Waals surface area contributed by atoms with E-state index < -0.39 is 0 Å². The first kappa shape index (κ1) is 11.1. The molecule has 1 aliphatic rings. The third-order valence-electron chi connectivity index (χ3n) is 2.81. The van der Waals surface area contributed by atoms with Crippen molar-refractivity contribution in [2.45, 2.75) is 38.9 Å².